The van der Waals surface area contributed by atoms with Gasteiger partial charge in [-0.15, -0.1) is 0 Å². The van der Waals surface area contributed by atoms with Gasteiger partial charge in [0, 0.05) is 11.1 Å². The minimum atomic E-state index is -0.138. The Morgan fingerprint density at radius 1 is 1.26 bits per heavy atom. The van der Waals surface area contributed by atoms with E-state index >= 15 is 0 Å². The molecule has 0 fully saturated rings. The van der Waals surface area contributed by atoms with Crippen LogP contribution in [0, 0.1) is 18.3 Å². The molecule has 0 spiro atoms. The van der Waals surface area contributed by atoms with Gasteiger partial charge in [0.15, 0.2) is 0 Å². The molecule has 4 heteroatoms. The maximum Gasteiger partial charge on any atom is 0.132 e. The lowest BCUT2D eigenvalue weighted by atomic mass is 10.0. The molecule has 98 valence electrons. The van der Waals surface area contributed by atoms with Crippen LogP contribution < -0.4 is 5.73 Å². The van der Waals surface area contributed by atoms with Crippen molar-refractivity contribution in [2.75, 3.05) is 5.73 Å². The zero-order valence-electron chi connectivity index (χ0n) is 11.7. The predicted octanol–water partition coefficient (Wildman–Crippen LogP) is 3.07. The number of nitrogens with zero attached hydrogens (tertiary/aromatic N) is 3. The van der Waals surface area contributed by atoms with Crippen LogP contribution in [0.4, 0.5) is 5.82 Å². The largest absolute Gasteiger partial charge is 0.383 e. The highest BCUT2D eigenvalue weighted by Gasteiger charge is 2.23. The van der Waals surface area contributed by atoms with Gasteiger partial charge >= 0.3 is 0 Å². The van der Waals surface area contributed by atoms with Crippen molar-refractivity contribution in [3.05, 3.63) is 35.7 Å². The SMILES string of the molecule is Cc1nc(-c2ccccc2C#N)c(N)n1C(C)(C)C. The molecule has 0 aliphatic carbocycles. The van der Waals surface area contributed by atoms with Gasteiger partial charge < -0.3 is 10.3 Å². The molecule has 2 aromatic rings. The number of imidazole rings is 1. The molecule has 1 aromatic heterocycles. The molecule has 4 nitrogen and oxygen atoms in total. The third-order valence-corrected chi connectivity index (χ3v) is 3.05. The van der Waals surface area contributed by atoms with Gasteiger partial charge in [-0.2, -0.15) is 5.26 Å². The summed E-state index contributed by atoms with van der Waals surface area (Å²) in [7, 11) is 0. The van der Waals surface area contributed by atoms with Crippen LogP contribution in [-0.2, 0) is 5.54 Å². The smallest absolute Gasteiger partial charge is 0.132 e. The van der Waals surface area contributed by atoms with Gasteiger partial charge in [0.2, 0.25) is 0 Å². The Labute approximate surface area is 113 Å². The second kappa shape index (κ2) is 4.43. The minimum absolute atomic E-state index is 0.138. The summed E-state index contributed by atoms with van der Waals surface area (Å²) in [6.07, 6.45) is 0. The normalized spacial score (nSPS) is 11.3. The fourth-order valence-corrected chi connectivity index (χ4v) is 2.38. The number of nitrogen functional groups attached to an aromatic ring is 1. The van der Waals surface area contributed by atoms with E-state index < -0.39 is 0 Å². The maximum atomic E-state index is 9.18. The van der Waals surface area contributed by atoms with E-state index in [1.54, 1.807) is 6.07 Å². The van der Waals surface area contributed by atoms with E-state index in [2.05, 4.69) is 31.8 Å². The van der Waals surface area contributed by atoms with Crippen molar-refractivity contribution in [1.29, 1.82) is 5.26 Å². The number of anilines is 1. The number of aromatic nitrogens is 2. The Bertz CT molecular complexity index is 654. The van der Waals surface area contributed by atoms with E-state index in [0.717, 1.165) is 11.4 Å². The van der Waals surface area contributed by atoms with Gasteiger partial charge in [-0.05, 0) is 33.8 Å². The van der Waals surface area contributed by atoms with Crippen LogP contribution in [0.5, 0.6) is 0 Å². The summed E-state index contributed by atoms with van der Waals surface area (Å²) < 4.78 is 2.00. The Balaban J connectivity index is 2.70. The van der Waals surface area contributed by atoms with Crippen LogP contribution in [0.3, 0.4) is 0 Å². The van der Waals surface area contributed by atoms with Crippen LogP contribution >= 0.6 is 0 Å². The number of hydrogen-bond donors (Lipinski definition) is 1. The second-order valence-electron chi connectivity index (χ2n) is 5.56. The molecule has 0 aliphatic heterocycles. The fraction of sp³-hybridized carbons (Fsp3) is 0.333. The Hall–Kier alpha value is -2.28. The highest BCUT2D eigenvalue weighted by molar-refractivity contribution is 5.76. The number of benzene rings is 1. The first-order chi connectivity index (χ1) is 8.86. The van der Waals surface area contributed by atoms with Gasteiger partial charge in [0.1, 0.15) is 17.3 Å². The lowest BCUT2D eigenvalue weighted by molar-refractivity contribution is 0.393. The second-order valence-corrected chi connectivity index (χ2v) is 5.56. The summed E-state index contributed by atoms with van der Waals surface area (Å²) in [6.45, 7) is 8.17. The Kier molecular flexibility index (Phi) is 3.07. The Morgan fingerprint density at radius 3 is 2.42 bits per heavy atom. The molecule has 0 radical (unpaired) electrons. The first kappa shape index (κ1) is 13.2. The maximum absolute atomic E-state index is 9.18. The van der Waals surface area contributed by atoms with Crippen molar-refractivity contribution in [3.8, 4) is 17.3 Å². The van der Waals surface area contributed by atoms with Crippen LogP contribution in [0.15, 0.2) is 24.3 Å². The summed E-state index contributed by atoms with van der Waals surface area (Å²) in [5, 5.41) is 9.18. The summed E-state index contributed by atoms with van der Waals surface area (Å²) >= 11 is 0. The lowest BCUT2D eigenvalue weighted by Crippen LogP contribution is -2.24. The van der Waals surface area contributed by atoms with Crippen molar-refractivity contribution in [3.63, 3.8) is 0 Å². The number of rotatable bonds is 1. The van der Waals surface area contributed by atoms with Crippen LogP contribution in [-0.4, -0.2) is 9.55 Å². The van der Waals surface area contributed by atoms with Crippen LogP contribution in [0.1, 0.15) is 32.2 Å². The molecule has 2 rings (SSSR count). The van der Waals surface area contributed by atoms with E-state index in [9.17, 15) is 5.26 Å². The van der Waals surface area contributed by atoms with Gasteiger partial charge in [-0.25, -0.2) is 4.98 Å². The van der Waals surface area contributed by atoms with Crippen molar-refractivity contribution in [1.82, 2.24) is 9.55 Å². The average molecular weight is 254 g/mol. The third-order valence-electron chi connectivity index (χ3n) is 3.05. The van der Waals surface area contributed by atoms with Gasteiger partial charge in [-0.3, -0.25) is 0 Å². The van der Waals surface area contributed by atoms with E-state index in [0.29, 0.717) is 17.1 Å². The molecule has 1 heterocycles. The monoisotopic (exact) mass is 254 g/mol. The Morgan fingerprint density at radius 2 is 1.89 bits per heavy atom. The third kappa shape index (κ3) is 2.19. The number of nitrogens with two attached hydrogens (primary N) is 1. The molecule has 0 amide bonds. The molecule has 0 bridgehead atoms. The molecule has 0 saturated heterocycles. The lowest BCUT2D eigenvalue weighted by Gasteiger charge is -2.24. The number of aryl methyl sites for hydroxylation is 1. The first-order valence-electron chi connectivity index (χ1n) is 6.21. The zero-order valence-corrected chi connectivity index (χ0v) is 11.7. The predicted molar refractivity (Wildman–Crippen MR) is 76.5 cm³/mol. The van der Waals surface area contributed by atoms with Gasteiger partial charge in [0.25, 0.3) is 0 Å². The quantitative estimate of drug-likeness (QED) is 0.850. The fourth-order valence-electron chi connectivity index (χ4n) is 2.38. The van der Waals surface area contributed by atoms with Crippen LogP contribution in [0.2, 0.25) is 0 Å². The van der Waals surface area contributed by atoms with Crippen LogP contribution in [0.25, 0.3) is 11.3 Å². The van der Waals surface area contributed by atoms with Crippen molar-refractivity contribution in [2.45, 2.75) is 33.2 Å². The van der Waals surface area contributed by atoms with E-state index in [1.807, 2.05) is 29.7 Å². The molecule has 19 heavy (non-hydrogen) atoms. The zero-order chi connectivity index (χ0) is 14.2. The van der Waals surface area contributed by atoms with E-state index in [-0.39, 0.29) is 5.54 Å². The summed E-state index contributed by atoms with van der Waals surface area (Å²) in [5.74, 6) is 1.46. The van der Waals surface area contributed by atoms with E-state index in [4.69, 9.17) is 5.73 Å². The van der Waals surface area contributed by atoms with Crippen molar-refractivity contribution in [2.24, 2.45) is 0 Å². The minimum Gasteiger partial charge on any atom is -0.383 e. The molecule has 0 unspecified atom stereocenters. The van der Waals surface area contributed by atoms with Crippen molar-refractivity contribution >= 4 is 5.82 Å². The first-order valence-corrected chi connectivity index (χ1v) is 6.21. The molecular weight excluding hydrogens is 236 g/mol. The standard InChI is InChI=1S/C15H18N4/c1-10-18-13(14(17)19(10)15(2,3)4)12-8-6-5-7-11(12)9-16/h5-8H,17H2,1-4H3. The van der Waals surface area contributed by atoms with Gasteiger partial charge in [0.05, 0.1) is 11.6 Å². The summed E-state index contributed by atoms with van der Waals surface area (Å²) in [4.78, 5) is 4.54. The molecule has 0 saturated carbocycles. The molecular formula is C15H18N4. The highest BCUT2D eigenvalue weighted by Crippen LogP contribution is 2.32. The molecule has 0 aliphatic rings. The summed E-state index contributed by atoms with van der Waals surface area (Å²) in [6, 6.07) is 9.57. The summed E-state index contributed by atoms with van der Waals surface area (Å²) in [5.41, 5.74) is 8.16. The number of hydrogen-bond acceptors (Lipinski definition) is 3. The molecule has 1 aromatic carbocycles. The highest BCUT2D eigenvalue weighted by atomic mass is 15.2. The molecule has 2 N–H and O–H groups in total. The van der Waals surface area contributed by atoms with Gasteiger partial charge in [-0.1, -0.05) is 18.2 Å². The molecule has 0 atom stereocenters. The van der Waals surface area contributed by atoms with Crippen molar-refractivity contribution < 1.29 is 0 Å². The average Bonchev–Trinajstić information content (AvgIpc) is 2.64. The number of nitriles is 1. The topological polar surface area (TPSA) is 67.6 Å². The van der Waals surface area contributed by atoms with E-state index in [1.165, 1.54) is 0 Å².